The van der Waals surface area contributed by atoms with Crippen LogP contribution in [-0.4, -0.2) is 0 Å². The molecule has 0 saturated heterocycles. The van der Waals surface area contributed by atoms with E-state index in [0.29, 0.717) is 15.7 Å². The van der Waals surface area contributed by atoms with Crippen LogP contribution in [0.2, 0.25) is 0 Å². The van der Waals surface area contributed by atoms with Crippen molar-refractivity contribution >= 4 is 15.9 Å². The molecule has 0 heterocycles. The van der Waals surface area contributed by atoms with Gasteiger partial charge in [0.15, 0.2) is 0 Å². The van der Waals surface area contributed by atoms with Crippen LogP contribution in [0.1, 0.15) is 81.8 Å². The molecule has 3 rings (SSSR count). The molecule has 1 aromatic rings. The van der Waals surface area contributed by atoms with Crippen molar-refractivity contribution in [3.8, 4) is 0 Å². The molecule has 0 nitrogen and oxygen atoms in total. The molecule has 116 valence electrons. The molecule has 0 N–H and O–H groups in total. The lowest BCUT2D eigenvalue weighted by atomic mass is 9.63. The predicted molar refractivity (Wildman–Crippen MR) is 95.3 cm³/mol. The van der Waals surface area contributed by atoms with Crippen molar-refractivity contribution in [1.82, 2.24) is 0 Å². The standard InChI is InChI=1S/C20H29Br/c1-13(14-6-7-14)18(21)15-8-9-16-17(12-15)20(4,5)11-10-19(16,2)3/h8-9,12-14,18H,6-7,10-11H2,1-5H3. The first kappa shape index (κ1) is 15.6. The molecule has 2 aliphatic carbocycles. The largest absolute Gasteiger partial charge is 0.0836 e. The van der Waals surface area contributed by atoms with Crippen molar-refractivity contribution in [2.75, 3.05) is 0 Å². The number of alkyl halides is 1. The second-order valence-electron chi connectivity index (χ2n) is 8.67. The lowest BCUT2D eigenvalue weighted by Gasteiger charge is -2.42. The zero-order chi connectivity index (χ0) is 15.4. The lowest BCUT2D eigenvalue weighted by Crippen LogP contribution is -2.34. The highest BCUT2D eigenvalue weighted by molar-refractivity contribution is 9.09. The van der Waals surface area contributed by atoms with Crippen LogP contribution >= 0.6 is 15.9 Å². The van der Waals surface area contributed by atoms with Crippen molar-refractivity contribution in [2.24, 2.45) is 11.8 Å². The molecule has 0 spiro atoms. The van der Waals surface area contributed by atoms with Gasteiger partial charge in [-0.3, -0.25) is 0 Å². The summed E-state index contributed by atoms with van der Waals surface area (Å²) < 4.78 is 0. The Balaban J connectivity index is 1.99. The average Bonchev–Trinajstić information content (AvgIpc) is 3.26. The Hall–Kier alpha value is -0.300. The molecule has 0 amide bonds. The first-order valence-corrected chi connectivity index (χ1v) is 9.43. The van der Waals surface area contributed by atoms with E-state index in [1.807, 2.05) is 0 Å². The highest BCUT2D eigenvalue weighted by Crippen LogP contribution is 2.49. The fourth-order valence-corrected chi connectivity index (χ4v) is 4.66. The lowest BCUT2D eigenvalue weighted by molar-refractivity contribution is 0.331. The van der Waals surface area contributed by atoms with E-state index < -0.39 is 0 Å². The Morgan fingerprint density at radius 3 is 2.14 bits per heavy atom. The minimum absolute atomic E-state index is 0.316. The molecule has 2 unspecified atom stereocenters. The molecule has 2 aliphatic rings. The van der Waals surface area contributed by atoms with Crippen LogP contribution in [0.4, 0.5) is 0 Å². The summed E-state index contributed by atoms with van der Waals surface area (Å²) in [7, 11) is 0. The Bertz CT molecular complexity index is 537. The summed E-state index contributed by atoms with van der Waals surface area (Å²) >= 11 is 3.99. The van der Waals surface area contributed by atoms with Gasteiger partial charge in [-0.1, -0.05) is 68.7 Å². The SMILES string of the molecule is CC(C1CC1)C(Br)c1ccc2c(c1)C(C)(C)CCC2(C)C. The number of halogens is 1. The maximum atomic E-state index is 3.99. The number of fused-ring (bicyclic) bond motifs is 1. The van der Waals surface area contributed by atoms with E-state index in [9.17, 15) is 0 Å². The van der Waals surface area contributed by atoms with Crippen molar-refractivity contribution in [2.45, 2.75) is 76.0 Å². The van der Waals surface area contributed by atoms with Gasteiger partial charge in [0.1, 0.15) is 0 Å². The van der Waals surface area contributed by atoms with E-state index in [1.54, 1.807) is 11.1 Å². The van der Waals surface area contributed by atoms with E-state index in [0.717, 1.165) is 11.8 Å². The number of hydrogen-bond acceptors (Lipinski definition) is 0. The van der Waals surface area contributed by atoms with Gasteiger partial charge in [0, 0.05) is 4.83 Å². The molecule has 21 heavy (non-hydrogen) atoms. The zero-order valence-corrected chi connectivity index (χ0v) is 15.8. The quantitative estimate of drug-likeness (QED) is 0.545. The Morgan fingerprint density at radius 2 is 1.57 bits per heavy atom. The second-order valence-corrected chi connectivity index (χ2v) is 9.66. The summed E-state index contributed by atoms with van der Waals surface area (Å²) in [5.74, 6) is 1.69. The summed E-state index contributed by atoms with van der Waals surface area (Å²) in [6, 6.07) is 7.30. The van der Waals surface area contributed by atoms with Crippen LogP contribution in [-0.2, 0) is 10.8 Å². The first-order valence-electron chi connectivity index (χ1n) is 8.51. The van der Waals surface area contributed by atoms with Crippen molar-refractivity contribution in [3.63, 3.8) is 0 Å². The topological polar surface area (TPSA) is 0 Å². The number of rotatable bonds is 3. The molecule has 0 bridgehead atoms. The minimum Gasteiger partial charge on any atom is -0.0836 e. The monoisotopic (exact) mass is 348 g/mol. The number of hydrogen-bond donors (Lipinski definition) is 0. The second kappa shape index (κ2) is 5.11. The van der Waals surface area contributed by atoms with Crippen LogP contribution in [0.15, 0.2) is 18.2 Å². The molecular formula is C20H29Br. The average molecular weight is 349 g/mol. The van der Waals surface area contributed by atoms with Crippen LogP contribution in [0, 0.1) is 11.8 Å². The maximum absolute atomic E-state index is 3.99. The molecule has 0 radical (unpaired) electrons. The van der Waals surface area contributed by atoms with Gasteiger partial charge in [0.25, 0.3) is 0 Å². The third-order valence-electron chi connectivity index (χ3n) is 6.02. The van der Waals surface area contributed by atoms with Gasteiger partial charge in [-0.15, -0.1) is 0 Å². The van der Waals surface area contributed by atoms with Gasteiger partial charge in [-0.2, -0.15) is 0 Å². The van der Waals surface area contributed by atoms with Crippen LogP contribution in [0.25, 0.3) is 0 Å². The van der Waals surface area contributed by atoms with Gasteiger partial charge < -0.3 is 0 Å². The van der Waals surface area contributed by atoms with E-state index in [2.05, 4.69) is 68.7 Å². The highest BCUT2D eigenvalue weighted by Gasteiger charge is 2.38. The molecule has 0 aliphatic heterocycles. The van der Waals surface area contributed by atoms with Gasteiger partial charge >= 0.3 is 0 Å². The van der Waals surface area contributed by atoms with Gasteiger partial charge in [-0.25, -0.2) is 0 Å². The van der Waals surface area contributed by atoms with E-state index in [1.165, 1.54) is 31.2 Å². The minimum atomic E-state index is 0.316. The molecule has 1 fully saturated rings. The van der Waals surface area contributed by atoms with Gasteiger partial charge in [-0.05, 0) is 65.0 Å². The van der Waals surface area contributed by atoms with Crippen molar-refractivity contribution in [3.05, 3.63) is 34.9 Å². The predicted octanol–water partition coefficient (Wildman–Crippen LogP) is 6.52. The van der Waals surface area contributed by atoms with Crippen molar-refractivity contribution in [1.29, 1.82) is 0 Å². The van der Waals surface area contributed by atoms with E-state index in [-0.39, 0.29) is 0 Å². The van der Waals surface area contributed by atoms with Crippen LogP contribution in [0.3, 0.4) is 0 Å². The zero-order valence-electron chi connectivity index (χ0n) is 14.2. The van der Waals surface area contributed by atoms with Crippen molar-refractivity contribution < 1.29 is 0 Å². The normalized spacial score (nSPS) is 26.0. The summed E-state index contributed by atoms with van der Waals surface area (Å²) in [6.07, 6.45) is 5.43. The fraction of sp³-hybridized carbons (Fsp3) is 0.700. The van der Waals surface area contributed by atoms with E-state index in [4.69, 9.17) is 0 Å². The smallest absolute Gasteiger partial charge is 0.0423 e. The fourth-order valence-electron chi connectivity index (χ4n) is 3.94. The van der Waals surface area contributed by atoms with E-state index >= 15 is 0 Å². The Labute approximate surface area is 138 Å². The highest BCUT2D eigenvalue weighted by atomic mass is 79.9. The number of benzene rings is 1. The van der Waals surface area contributed by atoms with Gasteiger partial charge in [0.05, 0.1) is 0 Å². The van der Waals surface area contributed by atoms with Gasteiger partial charge in [0.2, 0.25) is 0 Å². The third-order valence-corrected chi connectivity index (χ3v) is 7.39. The van der Waals surface area contributed by atoms with Crippen LogP contribution < -0.4 is 0 Å². The molecular weight excluding hydrogens is 320 g/mol. The molecule has 2 atom stereocenters. The van der Waals surface area contributed by atoms with Crippen LogP contribution in [0.5, 0.6) is 0 Å². The summed E-state index contributed by atoms with van der Waals surface area (Å²) in [6.45, 7) is 12.0. The Kier molecular flexibility index (Phi) is 3.80. The maximum Gasteiger partial charge on any atom is 0.0423 e. The molecule has 1 aromatic carbocycles. The third kappa shape index (κ3) is 2.83. The Morgan fingerprint density at radius 1 is 1.00 bits per heavy atom. The summed E-state index contributed by atoms with van der Waals surface area (Å²) in [5.41, 5.74) is 5.29. The molecule has 1 heteroatoms. The molecule has 0 aromatic heterocycles. The molecule has 1 saturated carbocycles. The summed E-state index contributed by atoms with van der Waals surface area (Å²) in [5, 5.41) is 0. The summed E-state index contributed by atoms with van der Waals surface area (Å²) in [4.78, 5) is 0.510. The first-order chi connectivity index (χ1) is 9.72.